The largest absolute Gasteiger partial charge is 0.497 e. The molecule has 0 aromatic heterocycles. The standard InChI is InChI=1S/C29H35N3O6S2/c1-6-38-27-10-8-7-9-26(27)32(40(35,36)25-17-15-24(39-5)16-18-25)20-28(33)31(21(2)29(34)30-3)19-22-11-13-23(37-4)14-12-22/h7-18,21H,6,19-20H2,1-5H3,(H,30,34). The zero-order valence-corrected chi connectivity index (χ0v) is 24.9. The number of sulfonamides is 1. The van der Waals surface area contributed by atoms with E-state index in [1.807, 2.05) is 6.26 Å². The lowest BCUT2D eigenvalue weighted by Gasteiger charge is -2.32. The van der Waals surface area contributed by atoms with Crippen LogP contribution in [0.25, 0.3) is 0 Å². The number of likely N-dealkylation sites (N-methyl/N-ethyl adjacent to an activating group) is 1. The lowest BCUT2D eigenvalue weighted by molar-refractivity contribution is -0.139. The molecule has 0 saturated carbocycles. The van der Waals surface area contributed by atoms with Crippen molar-refractivity contribution in [3.05, 3.63) is 78.4 Å². The van der Waals surface area contributed by atoms with E-state index < -0.39 is 28.5 Å². The Balaban J connectivity index is 2.07. The number of thioether (sulfide) groups is 1. The highest BCUT2D eigenvalue weighted by Crippen LogP contribution is 2.33. The number of nitrogens with zero attached hydrogens (tertiary/aromatic N) is 2. The number of hydrogen-bond acceptors (Lipinski definition) is 7. The van der Waals surface area contributed by atoms with Gasteiger partial charge in [-0.05, 0) is 74.2 Å². The van der Waals surface area contributed by atoms with Crippen molar-refractivity contribution in [3.8, 4) is 11.5 Å². The van der Waals surface area contributed by atoms with Gasteiger partial charge in [0, 0.05) is 18.5 Å². The molecule has 0 aliphatic heterocycles. The SMILES string of the molecule is CCOc1ccccc1N(CC(=O)N(Cc1ccc(OC)cc1)C(C)C(=O)NC)S(=O)(=O)c1ccc(SC)cc1. The first-order valence-electron chi connectivity index (χ1n) is 12.7. The Kier molecular flexibility index (Phi) is 10.9. The van der Waals surface area contributed by atoms with E-state index in [2.05, 4.69) is 5.32 Å². The fourth-order valence-electron chi connectivity index (χ4n) is 4.05. The summed E-state index contributed by atoms with van der Waals surface area (Å²) in [5.41, 5.74) is 0.977. The molecule has 40 heavy (non-hydrogen) atoms. The molecule has 0 spiro atoms. The van der Waals surface area contributed by atoms with Crippen LogP contribution in [0.1, 0.15) is 19.4 Å². The van der Waals surface area contributed by atoms with Crippen molar-refractivity contribution in [1.29, 1.82) is 0 Å². The van der Waals surface area contributed by atoms with Crippen LogP contribution in [0.4, 0.5) is 5.69 Å². The minimum Gasteiger partial charge on any atom is -0.497 e. The summed E-state index contributed by atoms with van der Waals surface area (Å²) in [5, 5.41) is 2.58. The molecule has 0 aliphatic rings. The summed E-state index contributed by atoms with van der Waals surface area (Å²) in [6, 6.07) is 19.4. The average molecular weight is 586 g/mol. The number of carbonyl (C=O) groups is 2. The summed E-state index contributed by atoms with van der Waals surface area (Å²) in [4.78, 5) is 28.9. The van der Waals surface area contributed by atoms with Crippen LogP contribution in [0, 0.1) is 0 Å². The fraction of sp³-hybridized carbons (Fsp3) is 0.310. The molecule has 0 saturated heterocycles. The smallest absolute Gasteiger partial charge is 0.264 e. The maximum absolute atomic E-state index is 14.0. The lowest BCUT2D eigenvalue weighted by Crippen LogP contribution is -2.50. The van der Waals surface area contributed by atoms with Gasteiger partial charge in [-0.15, -0.1) is 11.8 Å². The maximum Gasteiger partial charge on any atom is 0.264 e. The van der Waals surface area contributed by atoms with Gasteiger partial charge in [0.25, 0.3) is 10.0 Å². The van der Waals surface area contributed by atoms with Gasteiger partial charge in [-0.3, -0.25) is 13.9 Å². The number of rotatable bonds is 13. The Hall–Kier alpha value is -3.70. The normalized spacial score (nSPS) is 11.8. The number of anilines is 1. The van der Waals surface area contributed by atoms with E-state index in [1.165, 1.54) is 35.8 Å². The number of nitrogens with one attached hydrogen (secondary N) is 1. The van der Waals surface area contributed by atoms with Crippen molar-refractivity contribution in [1.82, 2.24) is 10.2 Å². The number of para-hydroxylation sites is 2. The van der Waals surface area contributed by atoms with Crippen LogP contribution in [0.15, 0.2) is 82.6 Å². The van der Waals surface area contributed by atoms with Crippen LogP contribution in [-0.2, 0) is 26.2 Å². The van der Waals surface area contributed by atoms with Gasteiger partial charge in [-0.1, -0.05) is 24.3 Å². The Bertz CT molecular complexity index is 1400. The van der Waals surface area contributed by atoms with Crippen molar-refractivity contribution in [2.45, 2.75) is 36.2 Å². The first kappa shape index (κ1) is 30.8. The average Bonchev–Trinajstić information content (AvgIpc) is 2.98. The maximum atomic E-state index is 14.0. The summed E-state index contributed by atoms with van der Waals surface area (Å²) in [6.45, 7) is 3.24. The Morgan fingerprint density at radius 1 is 1.00 bits per heavy atom. The van der Waals surface area contributed by atoms with Gasteiger partial charge in [-0.25, -0.2) is 8.42 Å². The van der Waals surface area contributed by atoms with Gasteiger partial charge < -0.3 is 19.7 Å². The summed E-state index contributed by atoms with van der Waals surface area (Å²) in [5.74, 6) is 0.0441. The Labute approximate surface area is 240 Å². The molecule has 3 aromatic carbocycles. The first-order valence-corrected chi connectivity index (χ1v) is 15.3. The summed E-state index contributed by atoms with van der Waals surface area (Å²) < 4.78 is 40.1. The van der Waals surface area contributed by atoms with Crippen molar-refractivity contribution in [2.24, 2.45) is 0 Å². The Morgan fingerprint density at radius 2 is 1.65 bits per heavy atom. The zero-order chi connectivity index (χ0) is 29.3. The van der Waals surface area contributed by atoms with E-state index in [-0.39, 0.29) is 23.0 Å². The predicted octanol–water partition coefficient (Wildman–Crippen LogP) is 4.17. The number of ether oxygens (including phenoxy) is 2. The fourth-order valence-corrected chi connectivity index (χ4v) is 5.88. The highest BCUT2D eigenvalue weighted by Gasteiger charge is 2.33. The lowest BCUT2D eigenvalue weighted by atomic mass is 10.1. The van der Waals surface area contributed by atoms with Gasteiger partial charge in [0.2, 0.25) is 11.8 Å². The third-order valence-electron chi connectivity index (χ3n) is 6.29. The molecule has 2 amide bonds. The van der Waals surface area contributed by atoms with E-state index in [0.29, 0.717) is 18.1 Å². The second-order valence-electron chi connectivity index (χ2n) is 8.75. The van der Waals surface area contributed by atoms with Crippen LogP contribution >= 0.6 is 11.8 Å². The number of amides is 2. The van der Waals surface area contributed by atoms with Crippen LogP contribution in [0.5, 0.6) is 11.5 Å². The molecule has 3 rings (SSSR count). The molecular weight excluding hydrogens is 550 g/mol. The molecule has 1 atom stereocenters. The topological polar surface area (TPSA) is 105 Å². The molecule has 0 heterocycles. The molecular formula is C29H35N3O6S2. The highest BCUT2D eigenvalue weighted by atomic mass is 32.2. The molecule has 11 heteroatoms. The van der Waals surface area contributed by atoms with E-state index in [1.54, 1.807) is 81.6 Å². The Morgan fingerprint density at radius 3 is 2.23 bits per heavy atom. The number of benzene rings is 3. The van der Waals surface area contributed by atoms with Crippen LogP contribution < -0.4 is 19.1 Å². The van der Waals surface area contributed by atoms with E-state index in [0.717, 1.165) is 14.8 Å². The highest BCUT2D eigenvalue weighted by molar-refractivity contribution is 7.98. The van der Waals surface area contributed by atoms with Crippen LogP contribution in [0.2, 0.25) is 0 Å². The third kappa shape index (κ3) is 7.28. The number of carbonyl (C=O) groups excluding carboxylic acids is 2. The summed E-state index contributed by atoms with van der Waals surface area (Å²) in [6.07, 6.45) is 1.90. The van der Waals surface area contributed by atoms with Gasteiger partial charge in [0.1, 0.15) is 24.1 Å². The number of hydrogen-bond donors (Lipinski definition) is 1. The van der Waals surface area contributed by atoms with Gasteiger partial charge in [0.15, 0.2) is 0 Å². The van der Waals surface area contributed by atoms with Crippen molar-refractivity contribution < 1.29 is 27.5 Å². The molecule has 0 radical (unpaired) electrons. The van der Waals surface area contributed by atoms with E-state index >= 15 is 0 Å². The molecule has 0 bridgehead atoms. The second-order valence-corrected chi connectivity index (χ2v) is 11.5. The minimum atomic E-state index is -4.20. The number of methoxy groups -OCH3 is 1. The molecule has 1 N–H and O–H groups in total. The summed E-state index contributed by atoms with van der Waals surface area (Å²) in [7, 11) is -1.16. The monoisotopic (exact) mass is 585 g/mol. The third-order valence-corrected chi connectivity index (χ3v) is 8.80. The van der Waals surface area contributed by atoms with Gasteiger partial charge in [-0.2, -0.15) is 0 Å². The molecule has 1 unspecified atom stereocenters. The second kappa shape index (κ2) is 14.1. The van der Waals surface area contributed by atoms with Crippen molar-refractivity contribution >= 4 is 39.3 Å². The molecule has 214 valence electrons. The summed E-state index contributed by atoms with van der Waals surface area (Å²) >= 11 is 1.49. The molecule has 0 fully saturated rings. The molecule has 9 nitrogen and oxygen atoms in total. The van der Waals surface area contributed by atoms with Crippen LogP contribution in [0.3, 0.4) is 0 Å². The van der Waals surface area contributed by atoms with E-state index in [9.17, 15) is 18.0 Å². The molecule has 0 aliphatic carbocycles. The molecule has 3 aromatic rings. The van der Waals surface area contributed by atoms with Gasteiger partial charge >= 0.3 is 0 Å². The van der Waals surface area contributed by atoms with Gasteiger partial charge in [0.05, 0.1) is 24.3 Å². The van der Waals surface area contributed by atoms with Crippen molar-refractivity contribution in [2.75, 3.05) is 37.9 Å². The minimum absolute atomic E-state index is 0.0328. The first-order chi connectivity index (χ1) is 19.2. The zero-order valence-electron chi connectivity index (χ0n) is 23.3. The van der Waals surface area contributed by atoms with Crippen LogP contribution in [-0.4, -0.2) is 64.7 Å². The predicted molar refractivity (Wildman–Crippen MR) is 157 cm³/mol. The quantitative estimate of drug-likeness (QED) is 0.300. The van der Waals surface area contributed by atoms with Crippen molar-refractivity contribution in [3.63, 3.8) is 0 Å². The van der Waals surface area contributed by atoms with E-state index in [4.69, 9.17) is 9.47 Å².